The molecule has 0 radical (unpaired) electrons. The summed E-state index contributed by atoms with van der Waals surface area (Å²) in [4.78, 5) is 0. The summed E-state index contributed by atoms with van der Waals surface area (Å²) in [5.41, 5.74) is 0.774. The summed E-state index contributed by atoms with van der Waals surface area (Å²) in [5, 5.41) is 0. The van der Waals surface area contributed by atoms with Gasteiger partial charge in [0.25, 0.3) is 0 Å². The molecule has 0 amide bonds. The number of piperidine rings is 2. The Hall–Kier alpha value is -0.0400. The van der Waals surface area contributed by atoms with E-state index in [2.05, 4.69) is 6.92 Å². The highest BCUT2D eigenvalue weighted by atomic mass is 15.5. The molecule has 1 nitrogen and oxygen atoms in total. The van der Waals surface area contributed by atoms with Crippen LogP contribution in [0.5, 0.6) is 0 Å². The first-order chi connectivity index (χ1) is 6.79. The third-order valence-electron chi connectivity index (χ3n) is 5.71. The van der Waals surface area contributed by atoms with Crippen LogP contribution in [0.25, 0.3) is 0 Å². The second kappa shape index (κ2) is 2.98. The first-order valence-electron chi connectivity index (χ1n) is 6.66. The van der Waals surface area contributed by atoms with Gasteiger partial charge in [0.2, 0.25) is 0 Å². The maximum atomic E-state index is 2.53. The zero-order valence-electron chi connectivity index (χ0n) is 9.60. The minimum atomic E-state index is 0.774. The first kappa shape index (κ1) is 9.21. The zero-order valence-corrected chi connectivity index (χ0v) is 9.60. The molecule has 0 aliphatic carbocycles. The molecule has 3 fully saturated rings. The molecular formula is C13H24N+. The molecule has 0 bridgehead atoms. The normalized spacial score (nSPS) is 52.5. The average Bonchev–Trinajstić information content (AvgIpc) is 2.54. The van der Waals surface area contributed by atoms with Gasteiger partial charge in [0.15, 0.2) is 0 Å². The minimum absolute atomic E-state index is 0.774. The lowest BCUT2D eigenvalue weighted by atomic mass is 9.77. The molecule has 3 saturated heterocycles. The van der Waals surface area contributed by atoms with Crippen molar-refractivity contribution in [3.05, 3.63) is 0 Å². The monoisotopic (exact) mass is 194 g/mol. The lowest BCUT2D eigenvalue weighted by Gasteiger charge is -2.57. The van der Waals surface area contributed by atoms with E-state index in [4.69, 9.17) is 0 Å². The number of nitrogens with zero attached hydrogens (tertiary/aromatic N) is 1. The van der Waals surface area contributed by atoms with Crippen LogP contribution in [0.15, 0.2) is 0 Å². The van der Waals surface area contributed by atoms with Gasteiger partial charge in [0, 0.05) is 25.7 Å². The average molecular weight is 194 g/mol. The second-order valence-electron chi connectivity index (χ2n) is 6.01. The number of hydrogen-bond acceptors (Lipinski definition) is 0. The van der Waals surface area contributed by atoms with Gasteiger partial charge in [0.05, 0.1) is 24.7 Å². The first-order valence-corrected chi connectivity index (χ1v) is 6.66. The van der Waals surface area contributed by atoms with E-state index < -0.39 is 0 Å². The highest BCUT2D eigenvalue weighted by Crippen LogP contribution is 2.52. The minimum Gasteiger partial charge on any atom is -0.317 e. The van der Waals surface area contributed by atoms with Gasteiger partial charge < -0.3 is 4.48 Å². The highest BCUT2D eigenvalue weighted by Gasteiger charge is 2.59. The number of quaternary nitrogens is 1. The molecule has 0 aromatic rings. The van der Waals surface area contributed by atoms with Crippen molar-refractivity contribution in [3.63, 3.8) is 0 Å². The van der Waals surface area contributed by atoms with Crippen LogP contribution >= 0.6 is 0 Å². The van der Waals surface area contributed by atoms with Gasteiger partial charge in [-0.3, -0.25) is 0 Å². The molecule has 1 heteroatoms. The van der Waals surface area contributed by atoms with E-state index in [1.807, 2.05) is 0 Å². The van der Waals surface area contributed by atoms with Crippen molar-refractivity contribution in [2.45, 2.75) is 69.9 Å². The second-order valence-corrected chi connectivity index (χ2v) is 6.01. The van der Waals surface area contributed by atoms with E-state index in [1.54, 1.807) is 23.7 Å². The summed E-state index contributed by atoms with van der Waals surface area (Å²) < 4.78 is 1.55. The van der Waals surface area contributed by atoms with Gasteiger partial charge in [-0.25, -0.2) is 0 Å². The van der Waals surface area contributed by atoms with E-state index in [1.165, 1.54) is 45.2 Å². The maximum Gasteiger partial charge on any atom is 0.0996 e. The third kappa shape index (κ3) is 0.946. The molecule has 1 atom stereocenters. The summed E-state index contributed by atoms with van der Waals surface area (Å²) in [5.74, 6) is 0. The Labute approximate surface area is 88.1 Å². The molecular weight excluding hydrogens is 170 g/mol. The smallest absolute Gasteiger partial charge is 0.0996 e. The molecule has 0 unspecified atom stereocenters. The molecule has 0 aromatic carbocycles. The van der Waals surface area contributed by atoms with Gasteiger partial charge in [-0.05, 0) is 32.6 Å². The van der Waals surface area contributed by atoms with Crippen LogP contribution in [0.2, 0.25) is 0 Å². The summed E-state index contributed by atoms with van der Waals surface area (Å²) in [6, 6.07) is 0.982. The van der Waals surface area contributed by atoms with Crippen LogP contribution in [0.1, 0.15) is 58.3 Å². The molecule has 3 aliphatic rings. The molecule has 3 heterocycles. The van der Waals surface area contributed by atoms with E-state index in [0.717, 1.165) is 11.6 Å². The predicted octanol–water partition coefficient (Wildman–Crippen LogP) is 3.09. The largest absolute Gasteiger partial charge is 0.317 e. The summed E-state index contributed by atoms with van der Waals surface area (Å²) in [7, 11) is 0. The molecule has 0 aromatic heterocycles. The highest BCUT2D eigenvalue weighted by molar-refractivity contribution is 4.94. The van der Waals surface area contributed by atoms with Crippen LogP contribution in [-0.4, -0.2) is 29.2 Å². The number of rotatable bonds is 0. The third-order valence-corrected chi connectivity index (χ3v) is 5.71. The van der Waals surface area contributed by atoms with E-state index in [0.29, 0.717) is 0 Å². The zero-order chi connectivity index (χ0) is 9.65. The fraction of sp³-hybridized carbons (Fsp3) is 1.00. The molecule has 80 valence electrons. The van der Waals surface area contributed by atoms with Gasteiger partial charge in [-0.1, -0.05) is 0 Å². The van der Waals surface area contributed by atoms with Crippen molar-refractivity contribution in [2.24, 2.45) is 0 Å². The lowest BCUT2D eigenvalue weighted by molar-refractivity contribution is -0.992. The Balaban J connectivity index is 2.00. The Morgan fingerprint density at radius 3 is 2.14 bits per heavy atom. The Bertz CT molecular complexity index is 216. The topological polar surface area (TPSA) is 0 Å². The van der Waals surface area contributed by atoms with Crippen molar-refractivity contribution in [1.82, 2.24) is 0 Å². The molecule has 3 aliphatic heterocycles. The van der Waals surface area contributed by atoms with E-state index >= 15 is 0 Å². The Morgan fingerprint density at radius 2 is 1.57 bits per heavy atom. The molecule has 14 heavy (non-hydrogen) atoms. The molecule has 0 saturated carbocycles. The lowest BCUT2D eigenvalue weighted by Crippen LogP contribution is -2.67. The quantitative estimate of drug-likeness (QED) is 0.520. The Kier molecular flexibility index (Phi) is 1.96. The summed E-state index contributed by atoms with van der Waals surface area (Å²) >= 11 is 0. The summed E-state index contributed by atoms with van der Waals surface area (Å²) in [6.07, 6.45) is 12.2. The van der Waals surface area contributed by atoms with Crippen LogP contribution in [0, 0.1) is 0 Å². The van der Waals surface area contributed by atoms with Crippen LogP contribution < -0.4 is 0 Å². The molecule has 0 spiro atoms. The van der Waals surface area contributed by atoms with E-state index in [-0.39, 0.29) is 0 Å². The van der Waals surface area contributed by atoms with Gasteiger partial charge in [0.1, 0.15) is 0 Å². The fourth-order valence-corrected chi connectivity index (χ4v) is 4.96. The van der Waals surface area contributed by atoms with Gasteiger partial charge in [-0.2, -0.15) is 0 Å². The van der Waals surface area contributed by atoms with Crippen LogP contribution in [0.4, 0.5) is 0 Å². The van der Waals surface area contributed by atoms with Crippen molar-refractivity contribution in [3.8, 4) is 0 Å². The van der Waals surface area contributed by atoms with Gasteiger partial charge >= 0.3 is 0 Å². The fourth-order valence-electron chi connectivity index (χ4n) is 4.96. The standard InChI is InChI=1S/C13H24N/c1-12-6-9-13-7-2-4-10-14(12,13)11-5-3-8-13/h12H,2-11H2,1H3/q+1/t12-,13?,14?/m0/s1. The SMILES string of the molecule is C[C@H]1CCC23CCCC[N+]12CCCC3. The van der Waals surface area contributed by atoms with Crippen molar-refractivity contribution in [1.29, 1.82) is 0 Å². The van der Waals surface area contributed by atoms with Gasteiger partial charge in [-0.15, -0.1) is 0 Å². The molecule has 3 rings (SSSR count). The van der Waals surface area contributed by atoms with Crippen LogP contribution in [-0.2, 0) is 0 Å². The van der Waals surface area contributed by atoms with Crippen molar-refractivity contribution in [2.75, 3.05) is 13.1 Å². The van der Waals surface area contributed by atoms with Crippen LogP contribution in [0.3, 0.4) is 0 Å². The summed E-state index contributed by atoms with van der Waals surface area (Å²) in [6.45, 7) is 5.56. The Morgan fingerprint density at radius 1 is 0.929 bits per heavy atom. The van der Waals surface area contributed by atoms with Crippen molar-refractivity contribution >= 4 is 0 Å². The maximum absolute atomic E-state index is 2.53. The van der Waals surface area contributed by atoms with Crippen molar-refractivity contribution < 1.29 is 4.48 Å². The molecule has 0 N–H and O–H groups in total. The van der Waals surface area contributed by atoms with E-state index in [9.17, 15) is 0 Å². The predicted molar refractivity (Wildman–Crippen MR) is 59.1 cm³/mol. The number of hydrogen-bond donors (Lipinski definition) is 0.